The Labute approximate surface area is 129 Å². The Morgan fingerprint density at radius 2 is 2.19 bits per heavy atom. The summed E-state index contributed by atoms with van der Waals surface area (Å²) in [6.45, 7) is 4.39. The van der Waals surface area contributed by atoms with Crippen LogP contribution in [0.25, 0.3) is 0 Å². The molecule has 1 aromatic heterocycles. The fraction of sp³-hybridized carbons (Fsp3) is 0.714. The highest BCUT2D eigenvalue weighted by molar-refractivity contribution is 7.11. The minimum atomic E-state index is -0.188. The Morgan fingerprint density at radius 3 is 2.76 bits per heavy atom. The highest BCUT2D eigenvalue weighted by Crippen LogP contribution is 2.35. The normalized spacial score (nSPS) is 15.6. The largest absolute Gasteiger partial charge is 0.395 e. The Bertz CT molecular complexity index is 483. The number of nitrogens with one attached hydrogen (secondary N) is 1. The number of hydrogen-bond donors (Lipinski definition) is 3. The molecule has 0 bridgehead atoms. The Hall–Kier alpha value is -1.34. The lowest BCUT2D eigenvalue weighted by molar-refractivity contribution is 0.0944. The van der Waals surface area contributed by atoms with E-state index in [0.29, 0.717) is 18.2 Å². The highest BCUT2D eigenvalue weighted by Gasteiger charge is 2.29. The molecule has 1 amide bonds. The van der Waals surface area contributed by atoms with Gasteiger partial charge in [0.15, 0.2) is 5.82 Å². The van der Waals surface area contributed by atoms with E-state index in [2.05, 4.69) is 14.6 Å². The summed E-state index contributed by atoms with van der Waals surface area (Å²) in [7, 11) is 0. The summed E-state index contributed by atoms with van der Waals surface area (Å²) >= 11 is 1.25. The van der Waals surface area contributed by atoms with Crippen molar-refractivity contribution in [3.05, 3.63) is 5.56 Å². The maximum Gasteiger partial charge on any atom is 0.258 e. The van der Waals surface area contributed by atoms with Crippen molar-refractivity contribution in [1.29, 1.82) is 0 Å². The summed E-state index contributed by atoms with van der Waals surface area (Å²) in [6, 6.07) is 0.407. The van der Waals surface area contributed by atoms with Crippen LogP contribution in [0.3, 0.4) is 0 Å². The van der Waals surface area contributed by atoms with Crippen LogP contribution >= 0.6 is 11.5 Å². The molecule has 1 saturated carbocycles. The predicted molar refractivity (Wildman–Crippen MR) is 85.8 cm³/mol. The second kappa shape index (κ2) is 7.09. The second-order valence-electron chi connectivity index (χ2n) is 5.73. The third-order valence-corrected chi connectivity index (χ3v) is 4.61. The average molecular weight is 312 g/mol. The van der Waals surface area contributed by atoms with Crippen molar-refractivity contribution < 1.29 is 9.90 Å². The smallest absolute Gasteiger partial charge is 0.258 e. The Morgan fingerprint density at radius 1 is 1.52 bits per heavy atom. The van der Waals surface area contributed by atoms with Crippen LogP contribution in [0.1, 0.15) is 49.9 Å². The van der Waals surface area contributed by atoms with E-state index in [1.165, 1.54) is 24.4 Å². The standard InChI is InChI=1S/C14H24N4O2S/c1-9(2)16-13(20)11-12(15)17-21-14(11)18(7-8-19)10-5-3-4-6-10/h9-10,19H,3-8H2,1-2H3,(H2,15,17)(H,16,20). The summed E-state index contributed by atoms with van der Waals surface area (Å²) < 4.78 is 4.15. The zero-order chi connectivity index (χ0) is 15.4. The molecule has 0 saturated heterocycles. The maximum atomic E-state index is 12.4. The number of nitrogens with two attached hydrogens (primary N) is 1. The Balaban J connectivity index is 2.30. The summed E-state index contributed by atoms with van der Waals surface area (Å²) in [5.74, 6) is 0.0845. The summed E-state index contributed by atoms with van der Waals surface area (Å²) in [4.78, 5) is 14.5. The SMILES string of the molecule is CC(C)NC(=O)c1c(N)nsc1N(CCO)C1CCCC1. The molecular formula is C14H24N4O2S. The summed E-state index contributed by atoms with van der Waals surface area (Å²) in [6.07, 6.45) is 4.55. The number of nitrogen functional groups attached to an aromatic ring is 1. The van der Waals surface area contributed by atoms with E-state index in [1.807, 2.05) is 13.8 Å². The van der Waals surface area contributed by atoms with E-state index in [9.17, 15) is 9.90 Å². The Kier molecular flexibility index (Phi) is 5.41. The molecule has 0 spiro atoms. The molecule has 6 nitrogen and oxygen atoms in total. The number of carbonyl (C=O) groups is 1. The van der Waals surface area contributed by atoms with Gasteiger partial charge in [-0.3, -0.25) is 4.79 Å². The van der Waals surface area contributed by atoms with Gasteiger partial charge in [0.2, 0.25) is 0 Å². The van der Waals surface area contributed by atoms with Crippen molar-refractivity contribution in [1.82, 2.24) is 9.69 Å². The molecule has 4 N–H and O–H groups in total. The van der Waals surface area contributed by atoms with Crippen molar-refractivity contribution in [2.45, 2.75) is 51.6 Å². The first-order chi connectivity index (χ1) is 10.0. The first kappa shape index (κ1) is 16.0. The van der Waals surface area contributed by atoms with Crippen LogP contribution in [0.5, 0.6) is 0 Å². The van der Waals surface area contributed by atoms with Gasteiger partial charge >= 0.3 is 0 Å². The number of anilines is 2. The number of aromatic nitrogens is 1. The van der Waals surface area contributed by atoms with Gasteiger partial charge in [0.05, 0.1) is 6.61 Å². The molecular weight excluding hydrogens is 288 g/mol. The van der Waals surface area contributed by atoms with Crippen molar-refractivity contribution in [3.8, 4) is 0 Å². The molecule has 0 radical (unpaired) electrons. The van der Waals surface area contributed by atoms with Crippen LogP contribution in [-0.2, 0) is 0 Å². The van der Waals surface area contributed by atoms with Crippen molar-refractivity contribution >= 4 is 28.3 Å². The molecule has 0 unspecified atom stereocenters. The predicted octanol–water partition coefficient (Wildman–Crippen LogP) is 1.60. The lowest BCUT2D eigenvalue weighted by Gasteiger charge is -2.29. The van der Waals surface area contributed by atoms with E-state index < -0.39 is 0 Å². The van der Waals surface area contributed by atoms with Gasteiger partial charge in [-0.05, 0) is 38.2 Å². The van der Waals surface area contributed by atoms with Crippen LogP contribution in [0.2, 0.25) is 0 Å². The van der Waals surface area contributed by atoms with Crippen molar-refractivity contribution in [2.75, 3.05) is 23.8 Å². The molecule has 21 heavy (non-hydrogen) atoms. The number of rotatable bonds is 6. The van der Waals surface area contributed by atoms with E-state index in [4.69, 9.17) is 5.73 Å². The first-order valence-electron chi connectivity index (χ1n) is 7.48. The van der Waals surface area contributed by atoms with E-state index in [0.717, 1.165) is 17.8 Å². The molecule has 2 rings (SSSR count). The number of hydrogen-bond acceptors (Lipinski definition) is 6. The highest BCUT2D eigenvalue weighted by atomic mass is 32.1. The van der Waals surface area contributed by atoms with Crippen LogP contribution < -0.4 is 16.0 Å². The topological polar surface area (TPSA) is 91.5 Å². The van der Waals surface area contributed by atoms with Gasteiger partial charge in [0.25, 0.3) is 5.91 Å². The molecule has 1 fully saturated rings. The third kappa shape index (κ3) is 3.65. The zero-order valence-corrected chi connectivity index (χ0v) is 13.4. The van der Waals surface area contributed by atoms with Crippen LogP contribution in [-0.4, -0.2) is 40.6 Å². The summed E-state index contributed by atoms with van der Waals surface area (Å²) in [5.41, 5.74) is 6.35. The molecule has 1 aliphatic rings. The number of aliphatic hydroxyl groups excluding tert-OH is 1. The van der Waals surface area contributed by atoms with Gasteiger partial charge < -0.3 is 21.1 Å². The van der Waals surface area contributed by atoms with Gasteiger partial charge in [-0.25, -0.2) is 0 Å². The average Bonchev–Trinajstić information content (AvgIpc) is 3.04. The monoisotopic (exact) mass is 312 g/mol. The third-order valence-electron chi connectivity index (χ3n) is 3.71. The fourth-order valence-electron chi connectivity index (χ4n) is 2.81. The van der Waals surface area contributed by atoms with Crippen molar-refractivity contribution in [2.24, 2.45) is 0 Å². The van der Waals surface area contributed by atoms with Crippen molar-refractivity contribution in [3.63, 3.8) is 0 Å². The van der Waals surface area contributed by atoms with Crippen LogP contribution in [0.15, 0.2) is 0 Å². The minimum Gasteiger partial charge on any atom is -0.395 e. The lowest BCUT2D eigenvalue weighted by Crippen LogP contribution is -2.37. The first-order valence-corrected chi connectivity index (χ1v) is 8.25. The zero-order valence-electron chi connectivity index (χ0n) is 12.6. The number of aliphatic hydroxyl groups is 1. The van der Waals surface area contributed by atoms with Gasteiger partial charge in [-0.15, -0.1) is 0 Å². The van der Waals surface area contributed by atoms with Gasteiger partial charge in [0, 0.05) is 18.6 Å². The maximum absolute atomic E-state index is 12.4. The van der Waals surface area contributed by atoms with Crippen LogP contribution in [0, 0.1) is 0 Å². The van der Waals surface area contributed by atoms with Gasteiger partial charge in [0.1, 0.15) is 10.6 Å². The molecule has 0 atom stereocenters. The van der Waals surface area contributed by atoms with E-state index in [-0.39, 0.29) is 24.4 Å². The molecule has 1 aromatic rings. The molecule has 0 aromatic carbocycles. The number of carbonyl (C=O) groups excluding carboxylic acids is 1. The summed E-state index contributed by atoms with van der Waals surface area (Å²) in [5, 5.41) is 13.0. The van der Waals surface area contributed by atoms with Gasteiger partial charge in [-0.2, -0.15) is 4.37 Å². The second-order valence-corrected chi connectivity index (χ2v) is 6.48. The molecule has 1 heterocycles. The number of amides is 1. The van der Waals surface area contributed by atoms with Gasteiger partial charge in [-0.1, -0.05) is 12.8 Å². The lowest BCUT2D eigenvalue weighted by atomic mass is 10.2. The van der Waals surface area contributed by atoms with E-state index >= 15 is 0 Å². The molecule has 118 valence electrons. The molecule has 7 heteroatoms. The molecule has 0 aliphatic heterocycles. The van der Waals surface area contributed by atoms with Crippen LogP contribution in [0.4, 0.5) is 10.8 Å². The quantitative estimate of drug-likeness (QED) is 0.742. The van der Waals surface area contributed by atoms with E-state index in [1.54, 1.807) is 0 Å². The molecule has 1 aliphatic carbocycles. The number of nitrogens with zero attached hydrogens (tertiary/aromatic N) is 2. The fourth-order valence-corrected chi connectivity index (χ4v) is 3.72. The minimum absolute atomic E-state index is 0.0439.